The lowest BCUT2D eigenvalue weighted by atomic mass is 10.2. The number of ether oxygens (including phenoxy) is 1. The summed E-state index contributed by atoms with van der Waals surface area (Å²) >= 11 is 0. The van der Waals surface area contributed by atoms with Gasteiger partial charge in [0, 0.05) is 17.7 Å². The van der Waals surface area contributed by atoms with Crippen molar-refractivity contribution in [2.45, 2.75) is 13.8 Å². The summed E-state index contributed by atoms with van der Waals surface area (Å²) in [5, 5.41) is 10.7. The Bertz CT molecular complexity index is 660. The minimum Gasteiger partial charge on any atom is -0.439 e. The third-order valence-corrected chi connectivity index (χ3v) is 2.55. The number of hydrogen-bond donors (Lipinski definition) is 2. The second kappa shape index (κ2) is 5.49. The largest absolute Gasteiger partial charge is 0.439 e. The first-order chi connectivity index (χ1) is 9.49. The van der Waals surface area contributed by atoms with Crippen LogP contribution in [0.5, 0.6) is 11.6 Å². The number of hydrogen-bond acceptors (Lipinski definition) is 7. The van der Waals surface area contributed by atoms with Crippen LogP contribution in [-0.4, -0.2) is 14.9 Å². The predicted molar refractivity (Wildman–Crippen MR) is 72.5 cm³/mol. The quantitative estimate of drug-likeness (QED) is 0.498. The lowest BCUT2D eigenvalue weighted by molar-refractivity contribution is -0.385. The molecule has 1 aromatic heterocycles. The Morgan fingerprint density at radius 2 is 2.05 bits per heavy atom. The molecule has 0 unspecified atom stereocenters. The van der Waals surface area contributed by atoms with E-state index in [0.29, 0.717) is 28.8 Å². The van der Waals surface area contributed by atoms with Crippen LogP contribution in [0, 0.1) is 24.0 Å². The number of nitro benzene ring substituents is 1. The van der Waals surface area contributed by atoms with E-state index in [1.165, 1.54) is 18.2 Å². The molecule has 0 amide bonds. The SMILES string of the molecule is Cc1nc(NN)cc(Oc2ccc([N+](=O)[O-])c(C)c2)n1. The average molecular weight is 275 g/mol. The van der Waals surface area contributed by atoms with Gasteiger partial charge in [0.25, 0.3) is 5.69 Å². The van der Waals surface area contributed by atoms with Gasteiger partial charge in [0.15, 0.2) is 0 Å². The number of aromatic nitrogens is 2. The molecule has 0 aliphatic heterocycles. The van der Waals surface area contributed by atoms with Crippen LogP contribution in [-0.2, 0) is 0 Å². The van der Waals surface area contributed by atoms with Crippen molar-refractivity contribution in [3.05, 3.63) is 45.8 Å². The van der Waals surface area contributed by atoms with Gasteiger partial charge >= 0.3 is 0 Å². The van der Waals surface area contributed by atoms with E-state index in [9.17, 15) is 10.1 Å². The van der Waals surface area contributed by atoms with Gasteiger partial charge in [-0.25, -0.2) is 10.8 Å². The van der Waals surface area contributed by atoms with Crippen molar-refractivity contribution in [1.29, 1.82) is 0 Å². The molecule has 104 valence electrons. The van der Waals surface area contributed by atoms with Crippen LogP contribution in [0.1, 0.15) is 11.4 Å². The fourth-order valence-corrected chi connectivity index (χ4v) is 1.68. The van der Waals surface area contributed by atoms with E-state index in [-0.39, 0.29) is 5.69 Å². The lowest BCUT2D eigenvalue weighted by Gasteiger charge is -2.08. The number of rotatable bonds is 4. The molecule has 0 aliphatic rings. The molecular formula is C12H13N5O3. The summed E-state index contributed by atoms with van der Waals surface area (Å²) < 4.78 is 5.55. The molecule has 0 fully saturated rings. The van der Waals surface area contributed by atoms with Gasteiger partial charge < -0.3 is 10.2 Å². The molecule has 0 bridgehead atoms. The van der Waals surface area contributed by atoms with Crippen LogP contribution in [0.2, 0.25) is 0 Å². The number of nitrogens with two attached hydrogens (primary N) is 1. The summed E-state index contributed by atoms with van der Waals surface area (Å²) in [6, 6.07) is 6.01. The Hall–Kier alpha value is -2.74. The maximum Gasteiger partial charge on any atom is 0.272 e. The molecule has 8 nitrogen and oxygen atoms in total. The topological polar surface area (TPSA) is 116 Å². The first-order valence-electron chi connectivity index (χ1n) is 5.75. The van der Waals surface area contributed by atoms with Crippen LogP contribution in [0.4, 0.5) is 11.5 Å². The Balaban J connectivity index is 2.28. The number of nitrogen functional groups attached to an aromatic ring is 1. The Morgan fingerprint density at radius 1 is 1.30 bits per heavy atom. The van der Waals surface area contributed by atoms with E-state index >= 15 is 0 Å². The van der Waals surface area contributed by atoms with Crippen LogP contribution < -0.4 is 16.0 Å². The third-order valence-electron chi connectivity index (χ3n) is 2.55. The summed E-state index contributed by atoms with van der Waals surface area (Å²) in [5.41, 5.74) is 2.96. The minimum absolute atomic E-state index is 0.0422. The molecule has 0 radical (unpaired) electrons. The molecule has 0 atom stereocenters. The molecule has 1 heterocycles. The first-order valence-corrected chi connectivity index (χ1v) is 5.75. The molecule has 20 heavy (non-hydrogen) atoms. The predicted octanol–water partition coefficient (Wildman–Crippen LogP) is 2.08. The molecule has 0 saturated carbocycles. The van der Waals surface area contributed by atoms with Crippen molar-refractivity contribution < 1.29 is 9.66 Å². The maximum absolute atomic E-state index is 10.7. The Morgan fingerprint density at radius 3 is 2.65 bits per heavy atom. The summed E-state index contributed by atoms with van der Waals surface area (Å²) in [6.07, 6.45) is 0. The zero-order valence-electron chi connectivity index (χ0n) is 11.0. The van der Waals surface area contributed by atoms with E-state index in [2.05, 4.69) is 15.4 Å². The molecule has 2 rings (SSSR count). The number of aryl methyl sites for hydroxylation is 2. The van der Waals surface area contributed by atoms with Crippen molar-refractivity contribution in [2.24, 2.45) is 5.84 Å². The number of nitrogens with zero attached hydrogens (tertiary/aromatic N) is 3. The smallest absolute Gasteiger partial charge is 0.272 e. The van der Waals surface area contributed by atoms with Crippen molar-refractivity contribution in [3.63, 3.8) is 0 Å². The second-order valence-corrected chi connectivity index (χ2v) is 4.09. The number of anilines is 1. The molecule has 0 saturated heterocycles. The van der Waals surface area contributed by atoms with Crippen molar-refractivity contribution in [1.82, 2.24) is 9.97 Å². The fourth-order valence-electron chi connectivity index (χ4n) is 1.68. The minimum atomic E-state index is -0.440. The summed E-state index contributed by atoms with van der Waals surface area (Å²) in [7, 11) is 0. The molecule has 1 aromatic carbocycles. The zero-order valence-corrected chi connectivity index (χ0v) is 11.0. The third kappa shape index (κ3) is 2.98. The van der Waals surface area contributed by atoms with Crippen molar-refractivity contribution in [2.75, 3.05) is 5.43 Å². The average Bonchev–Trinajstić information content (AvgIpc) is 2.37. The first kappa shape index (κ1) is 13.7. The highest BCUT2D eigenvalue weighted by Gasteiger charge is 2.11. The van der Waals surface area contributed by atoms with E-state index in [0.717, 1.165) is 0 Å². The number of benzene rings is 1. The van der Waals surface area contributed by atoms with Gasteiger partial charge in [-0.15, -0.1) is 0 Å². The number of nitrogens with one attached hydrogen (secondary N) is 1. The monoisotopic (exact) mass is 275 g/mol. The van der Waals surface area contributed by atoms with Gasteiger partial charge in [0.2, 0.25) is 5.88 Å². The van der Waals surface area contributed by atoms with E-state index in [1.807, 2.05) is 0 Å². The summed E-state index contributed by atoms with van der Waals surface area (Å²) in [5.74, 6) is 6.96. The van der Waals surface area contributed by atoms with Crippen molar-refractivity contribution in [3.8, 4) is 11.6 Å². The standard InChI is InChI=1S/C12H13N5O3/c1-7-5-9(3-4-10(7)17(18)19)20-12-6-11(16-13)14-8(2)15-12/h3-6H,13H2,1-2H3,(H,14,15,16). The lowest BCUT2D eigenvalue weighted by Crippen LogP contribution is -2.09. The molecule has 8 heteroatoms. The second-order valence-electron chi connectivity index (χ2n) is 4.09. The van der Waals surface area contributed by atoms with Gasteiger partial charge in [-0.1, -0.05) is 0 Å². The van der Waals surface area contributed by atoms with Crippen LogP contribution in [0.15, 0.2) is 24.3 Å². The Labute approximate surface area is 114 Å². The van der Waals surface area contributed by atoms with Gasteiger partial charge in [0.05, 0.1) is 4.92 Å². The maximum atomic E-state index is 10.7. The normalized spacial score (nSPS) is 10.2. The highest BCUT2D eigenvalue weighted by Crippen LogP contribution is 2.26. The van der Waals surface area contributed by atoms with E-state index in [1.54, 1.807) is 19.9 Å². The summed E-state index contributed by atoms with van der Waals surface area (Å²) in [6.45, 7) is 3.35. The molecule has 3 N–H and O–H groups in total. The fraction of sp³-hybridized carbons (Fsp3) is 0.167. The van der Waals surface area contributed by atoms with Crippen LogP contribution in [0.25, 0.3) is 0 Å². The van der Waals surface area contributed by atoms with Crippen molar-refractivity contribution >= 4 is 11.5 Å². The van der Waals surface area contributed by atoms with Crippen LogP contribution in [0.3, 0.4) is 0 Å². The van der Waals surface area contributed by atoms with Gasteiger partial charge in [-0.05, 0) is 26.0 Å². The molecule has 0 aliphatic carbocycles. The van der Waals surface area contributed by atoms with E-state index < -0.39 is 4.92 Å². The van der Waals surface area contributed by atoms with Crippen LogP contribution >= 0.6 is 0 Å². The highest BCUT2D eigenvalue weighted by molar-refractivity contribution is 5.46. The highest BCUT2D eigenvalue weighted by atomic mass is 16.6. The van der Waals surface area contributed by atoms with Gasteiger partial charge in [-0.2, -0.15) is 4.98 Å². The molecule has 0 spiro atoms. The van der Waals surface area contributed by atoms with E-state index in [4.69, 9.17) is 10.6 Å². The van der Waals surface area contributed by atoms with Gasteiger partial charge in [0.1, 0.15) is 17.4 Å². The number of nitro groups is 1. The summed E-state index contributed by atoms with van der Waals surface area (Å²) in [4.78, 5) is 18.4. The molecular weight excluding hydrogens is 262 g/mol. The Kier molecular flexibility index (Phi) is 3.76. The molecule has 2 aromatic rings. The van der Waals surface area contributed by atoms with Gasteiger partial charge in [-0.3, -0.25) is 10.1 Å². The number of hydrazine groups is 1. The zero-order chi connectivity index (χ0) is 14.7.